The summed E-state index contributed by atoms with van der Waals surface area (Å²) in [6, 6.07) is 0. The average Bonchev–Trinajstić information content (AvgIpc) is 2.68. The van der Waals surface area contributed by atoms with Crippen molar-refractivity contribution in [3.05, 3.63) is 0 Å². The lowest BCUT2D eigenvalue weighted by atomic mass is 9.98. The second-order valence-electron chi connectivity index (χ2n) is 9.09. The SMILES string of the molecule is CCCCCCCCCCCCCCCCCCCCCC(C)CCCBr. The molecule has 0 saturated carbocycles. The molecule has 1 heteroatoms. The minimum absolute atomic E-state index is 0.938. The Morgan fingerprint density at radius 2 is 0.741 bits per heavy atom. The van der Waals surface area contributed by atoms with Gasteiger partial charge in [0.1, 0.15) is 0 Å². The lowest BCUT2D eigenvalue weighted by Gasteiger charge is -2.09. The topological polar surface area (TPSA) is 0 Å². The fraction of sp³-hybridized carbons (Fsp3) is 1.00. The van der Waals surface area contributed by atoms with Crippen LogP contribution in [0.2, 0.25) is 0 Å². The maximum Gasteiger partial charge on any atom is 0.00314 e. The summed E-state index contributed by atoms with van der Waals surface area (Å²) in [6.45, 7) is 4.73. The van der Waals surface area contributed by atoms with Gasteiger partial charge >= 0.3 is 0 Å². The number of halogens is 1. The van der Waals surface area contributed by atoms with E-state index in [-0.39, 0.29) is 0 Å². The maximum absolute atomic E-state index is 3.54. The lowest BCUT2D eigenvalue weighted by molar-refractivity contribution is 0.451. The van der Waals surface area contributed by atoms with Gasteiger partial charge in [-0.2, -0.15) is 0 Å². The molecule has 0 aliphatic heterocycles. The molecule has 1 atom stereocenters. The first-order valence-corrected chi connectivity index (χ1v) is 14.0. The van der Waals surface area contributed by atoms with Crippen molar-refractivity contribution < 1.29 is 0 Å². The van der Waals surface area contributed by atoms with E-state index < -0.39 is 0 Å². The van der Waals surface area contributed by atoms with E-state index in [0.29, 0.717) is 0 Å². The molecule has 0 rings (SSSR count). The maximum atomic E-state index is 3.54. The highest BCUT2D eigenvalue weighted by Crippen LogP contribution is 2.17. The third kappa shape index (κ3) is 24.4. The highest BCUT2D eigenvalue weighted by Gasteiger charge is 2.01. The Hall–Kier alpha value is 0.480. The highest BCUT2D eigenvalue weighted by atomic mass is 79.9. The first kappa shape index (κ1) is 27.5. The molecule has 0 heterocycles. The molecular formula is C26H53Br. The molecule has 0 aromatic carbocycles. The Labute approximate surface area is 182 Å². The van der Waals surface area contributed by atoms with Gasteiger partial charge in [0.25, 0.3) is 0 Å². The number of unbranched alkanes of at least 4 members (excludes halogenated alkanes) is 18. The minimum Gasteiger partial charge on any atom is -0.0928 e. The van der Waals surface area contributed by atoms with Crippen LogP contribution in [0.25, 0.3) is 0 Å². The van der Waals surface area contributed by atoms with Gasteiger partial charge in [-0.1, -0.05) is 158 Å². The van der Waals surface area contributed by atoms with Gasteiger partial charge in [0, 0.05) is 5.33 Å². The number of rotatable bonds is 23. The monoisotopic (exact) mass is 444 g/mol. The third-order valence-electron chi connectivity index (χ3n) is 6.13. The molecule has 0 amide bonds. The van der Waals surface area contributed by atoms with E-state index >= 15 is 0 Å². The summed E-state index contributed by atoms with van der Waals surface area (Å²) in [7, 11) is 0. The van der Waals surface area contributed by atoms with Crippen molar-refractivity contribution in [1.29, 1.82) is 0 Å². The molecule has 0 aliphatic carbocycles. The first-order chi connectivity index (χ1) is 13.3. The molecule has 1 unspecified atom stereocenters. The van der Waals surface area contributed by atoms with Gasteiger partial charge in [0.2, 0.25) is 0 Å². The number of hydrogen-bond donors (Lipinski definition) is 0. The van der Waals surface area contributed by atoms with Crippen molar-refractivity contribution in [2.24, 2.45) is 5.92 Å². The van der Waals surface area contributed by atoms with Crippen molar-refractivity contribution in [3.8, 4) is 0 Å². The largest absolute Gasteiger partial charge is 0.0928 e. The van der Waals surface area contributed by atoms with Crippen LogP contribution in [-0.4, -0.2) is 5.33 Å². The quantitative estimate of drug-likeness (QED) is 0.108. The molecule has 0 aromatic heterocycles. The molecule has 0 aliphatic rings. The standard InChI is InChI=1S/C26H53Br/c1-3-4-5-6-7-8-9-10-11-12-13-14-15-16-17-18-19-20-21-23-26(2)24-22-25-27/h26H,3-25H2,1-2H3. The van der Waals surface area contributed by atoms with E-state index in [1.165, 1.54) is 147 Å². The predicted octanol–water partition coefficient (Wildman–Crippen LogP) is 10.6. The van der Waals surface area contributed by atoms with Gasteiger partial charge in [0.15, 0.2) is 0 Å². The van der Waals surface area contributed by atoms with Crippen molar-refractivity contribution >= 4 is 15.9 Å². The molecule has 0 fully saturated rings. The first-order valence-electron chi connectivity index (χ1n) is 12.9. The van der Waals surface area contributed by atoms with Crippen molar-refractivity contribution in [3.63, 3.8) is 0 Å². The Kier molecular flexibility index (Phi) is 25.0. The van der Waals surface area contributed by atoms with Crippen LogP contribution in [0.4, 0.5) is 0 Å². The van der Waals surface area contributed by atoms with E-state index in [9.17, 15) is 0 Å². The normalized spacial score (nSPS) is 12.6. The smallest absolute Gasteiger partial charge is 0.00314 e. The van der Waals surface area contributed by atoms with Gasteiger partial charge in [-0.05, 0) is 18.8 Å². The molecule has 0 nitrogen and oxygen atoms in total. The molecule has 0 aromatic rings. The van der Waals surface area contributed by atoms with Crippen LogP contribution in [0.3, 0.4) is 0 Å². The molecule has 0 bridgehead atoms. The van der Waals surface area contributed by atoms with Gasteiger partial charge in [-0.3, -0.25) is 0 Å². The minimum atomic E-state index is 0.938. The van der Waals surface area contributed by atoms with Gasteiger partial charge in [-0.25, -0.2) is 0 Å². The van der Waals surface area contributed by atoms with Gasteiger partial charge < -0.3 is 0 Å². The lowest BCUT2D eigenvalue weighted by Crippen LogP contribution is -1.95. The fourth-order valence-electron chi connectivity index (χ4n) is 4.14. The summed E-state index contributed by atoms with van der Waals surface area (Å²) in [5.74, 6) is 0.938. The summed E-state index contributed by atoms with van der Waals surface area (Å²) >= 11 is 3.54. The Balaban J connectivity index is 3.03. The average molecular weight is 446 g/mol. The Morgan fingerprint density at radius 3 is 1.07 bits per heavy atom. The summed E-state index contributed by atoms with van der Waals surface area (Å²) < 4.78 is 0. The van der Waals surface area contributed by atoms with E-state index in [1.54, 1.807) is 0 Å². The molecule has 0 saturated heterocycles. The third-order valence-corrected chi connectivity index (χ3v) is 6.69. The van der Waals surface area contributed by atoms with E-state index in [1.807, 2.05) is 0 Å². The van der Waals surface area contributed by atoms with E-state index in [2.05, 4.69) is 29.8 Å². The predicted molar refractivity (Wildman–Crippen MR) is 130 cm³/mol. The van der Waals surface area contributed by atoms with Crippen LogP contribution < -0.4 is 0 Å². The van der Waals surface area contributed by atoms with Crippen molar-refractivity contribution in [1.82, 2.24) is 0 Å². The van der Waals surface area contributed by atoms with E-state index in [4.69, 9.17) is 0 Å². The number of alkyl halides is 1. The summed E-state index contributed by atoms with van der Waals surface area (Å²) in [6.07, 6.45) is 32.2. The zero-order valence-electron chi connectivity index (χ0n) is 19.2. The fourth-order valence-corrected chi connectivity index (χ4v) is 4.46. The van der Waals surface area contributed by atoms with Crippen LogP contribution in [0.15, 0.2) is 0 Å². The van der Waals surface area contributed by atoms with Crippen LogP contribution in [0.1, 0.15) is 155 Å². The molecule has 0 spiro atoms. The molecule has 164 valence electrons. The van der Waals surface area contributed by atoms with Crippen LogP contribution >= 0.6 is 15.9 Å². The summed E-state index contributed by atoms with van der Waals surface area (Å²) in [4.78, 5) is 0. The Bertz CT molecular complexity index is 251. The second kappa shape index (κ2) is 24.5. The Morgan fingerprint density at radius 1 is 0.444 bits per heavy atom. The molecule has 0 N–H and O–H groups in total. The van der Waals surface area contributed by atoms with Crippen molar-refractivity contribution in [2.75, 3.05) is 5.33 Å². The van der Waals surface area contributed by atoms with Crippen molar-refractivity contribution in [2.45, 2.75) is 155 Å². The van der Waals surface area contributed by atoms with Gasteiger partial charge in [-0.15, -0.1) is 0 Å². The second-order valence-corrected chi connectivity index (χ2v) is 9.88. The molecule has 0 radical (unpaired) electrons. The number of hydrogen-bond acceptors (Lipinski definition) is 0. The zero-order valence-corrected chi connectivity index (χ0v) is 20.8. The summed E-state index contributed by atoms with van der Waals surface area (Å²) in [5, 5.41) is 1.18. The molecular weight excluding hydrogens is 392 g/mol. The zero-order chi connectivity index (χ0) is 19.8. The highest BCUT2D eigenvalue weighted by molar-refractivity contribution is 9.09. The van der Waals surface area contributed by atoms with Crippen LogP contribution in [0, 0.1) is 5.92 Å². The van der Waals surface area contributed by atoms with Crippen LogP contribution in [0.5, 0.6) is 0 Å². The van der Waals surface area contributed by atoms with Gasteiger partial charge in [0.05, 0.1) is 0 Å². The van der Waals surface area contributed by atoms with Crippen LogP contribution in [-0.2, 0) is 0 Å². The summed E-state index contributed by atoms with van der Waals surface area (Å²) in [5.41, 5.74) is 0. The van der Waals surface area contributed by atoms with E-state index in [0.717, 1.165) is 5.92 Å². The molecule has 27 heavy (non-hydrogen) atoms.